The van der Waals surface area contributed by atoms with Crippen molar-refractivity contribution in [1.82, 2.24) is 9.97 Å². The molecule has 0 aliphatic carbocycles. The van der Waals surface area contributed by atoms with Gasteiger partial charge in [0.2, 0.25) is 0 Å². The molecule has 4 rings (SSSR count). The number of para-hydroxylation sites is 1. The van der Waals surface area contributed by atoms with Crippen LogP contribution in [0, 0.1) is 6.92 Å². The van der Waals surface area contributed by atoms with E-state index in [-0.39, 0.29) is 5.91 Å². The number of hydrogen-bond donors (Lipinski definition) is 0. The highest BCUT2D eigenvalue weighted by Crippen LogP contribution is 2.33. The molecule has 2 heterocycles. The monoisotopic (exact) mass is 433 g/mol. The normalized spacial score (nSPS) is 11.2. The molecule has 0 N–H and O–H groups in total. The van der Waals surface area contributed by atoms with Crippen LogP contribution in [0.3, 0.4) is 0 Å². The average molecular weight is 434 g/mol. The zero-order valence-corrected chi connectivity index (χ0v) is 18.8. The van der Waals surface area contributed by atoms with Crippen LogP contribution in [0.4, 0.5) is 5.13 Å². The molecule has 0 atom stereocenters. The molecule has 1 amide bonds. The summed E-state index contributed by atoms with van der Waals surface area (Å²) in [6.45, 7) is 6.80. The maximum Gasteiger partial charge on any atom is 0.260 e. The number of carbonyl (C=O) groups excluding carboxylic acids is 1. The average Bonchev–Trinajstić information content (AvgIpc) is 3.17. The van der Waals surface area contributed by atoms with Gasteiger partial charge in [0.25, 0.3) is 5.91 Å². The Morgan fingerprint density at radius 1 is 1.10 bits per heavy atom. The van der Waals surface area contributed by atoms with E-state index in [4.69, 9.17) is 4.98 Å². The number of thiazole rings is 1. The van der Waals surface area contributed by atoms with Crippen molar-refractivity contribution in [1.29, 1.82) is 0 Å². The number of pyridine rings is 1. The Hall–Kier alpha value is -2.70. The molecule has 0 radical (unpaired) electrons. The van der Waals surface area contributed by atoms with Gasteiger partial charge in [0, 0.05) is 28.1 Å². The second-order valence-corrected chi connectivity index (χ2v) is 10.0. The van der Waals surface area contributed by atoms with Crippen LogP contribution in [-0.2, 0) is 6.54 Å². The van der Waals surface area contributed by atoms with E-state index in [9.17, 15) is 4.79 Å². The number of amides is 1. The van der Waals surface area contributed by atoms with Gasteiger partial charge in [-0.2, -0.15) is 0 Å². The third-order valence-corrected chi connectivity index (χ3v) is 6.67. The molecule has 0 aliphatic rings. The molecule has 2 aromatic heterocycles. The van der Waals surface area contributed by atoms with Crippen molar-refractivity contribution < 1.29 is 4.79 Å². The van der Waals surface area contributed by atoms with Crippen molar-refractivity contribution in [2.45, 2.75) is 37.5 Å². The Morgan fingerprint density at radius 3 is 2.60 bits per heavy atom. The van der Waals surface area contributed by atoms with Crippen LogP contribution in [0.15, 0.2) is 71.9 Å². The lowest BCUT2D eigenvalue weighted by Crippen LogP contribution is -2.30. The fourth-order valence-corrected chi connectivity index (χ4v) is 5.16. The Labute approximate surface area is 185 Å². The second kappa shape index (κ2) is 8.98. The molecule has 0 bridgehead atoms. The van der Waals surface area contributed by atoms with E-state index in [0.29, 0.717) is 22.5 Å². The van der Waals surface area contributed by atoms with Crippen LogP contribution in [0.1, 0.15) is 35.3 Å². The van der Waals surface area contributed by atoms with E-state index >= 15 is 0 Å². The standard InChI is InChI=1S/C24H23N3OS2/c1-16(2)29-20-8-5-7-19(14-20)23(28)27(15-18-10-12-25-13-11-18)24-26-22-17(3)6-4-9-21(22)30-24/h4-14,16H,15H2,1-3H3. The number of aromatic nitrogens is 2. The number of anilines is 1. The van der Waals surface area contributed by atoms with Crippen molar-refractivity contribution in [2.75, 3.05) is 4.90 Å². The molecule has 4 aromatic rings. The van der Waals surface area contributed by atoms with Gasteiger partial charge in [-0.3, -0.25) is 14.7 Å². The van der Waals surface area contributed by atoms with Gasteiger partial charge in [-0.1, -0.05) is 43.4 Å². The lowest BCUT2D eigenvalue weighted by atomic mass is 10.2. The molecule has 0 saturated heterocycles. The summed E-state index contributed by atoms with van der Waals surface area (Å²) in [5.41, 5.74) is 3.75. The zero-order chi connectivity index (χ0) is 21.1. The van der Waals surface area contributed by atoms with Crippen LogP contribution >= 0.6 is 23.1 Å². The van der Waals surface area contributed by atoms with E-state index in [0.717, 1.165) is 26.2 Å². The van der Waals surface area contributed by atoms with Crippen LogP contribution in [-0.4, -0.2) is 21.1 Å². The summed E-state index contributed by atoms with van der Waals surface area (Å²) in [5.74, 6) is -0.0465. The lowest BCUT2D eigenvalue weighted by molar-refractivity contribution is 0.0985. The molecule has 0 saturated carbocycles. The minimum atomic E-state index is -0.0465. The summed E-state index contributed by atoms with van der Waals surface area (Å²) in [6.07, 6.45) is 3.50. The number of fused-ring (bicyclic) bond motifs is 1. The van der Waals surface area contributed by atoms with Gasteiger partial charge < -0.3 is 0 Å². The van der Waals surface area contributed by atoms with Crippen LogP contribution in [0.5, 0.6) is 0 Å². The summed E-state index contributed by atoms with van der Waals surface area (Å²) in [5, 5.41) is 1.17. The first kappa shape index (κ1) is 20.6. The highest BCUT2D eigenvalue weighted by atomic mass is 32.2. The van der Waals surface area contributed by atoms with Crippen LogP contribution in [0.25, 0.3) is 10.2 Å². The number of rotatable bonds is 6. The first-order chi connectivity index (χ1) is 14.5. The molecule has 2 aromatic carbocycles. The first-order valence-electron chi connectivity index (χ1n) is 9.85. The van der Waals surface area contributed by atoms with Crippen molar-refractivity contribution in [3.8, 4) is 0 Å². The highest BCUT2D eigenvalue weighted by Gasteiger charge is 2.22. The van der Waals surface area contributed by atoms with Gasteiger partial charge in [-0.05, 0) is 54.4 Å². The Bertz CT molecular complexity index is 1170. The Morgan fingerprint density at radius 2 is 1.87 bits per heavy atom. The number of thioether (sulfide) groups is 1. The van der Waals surface area contributed by atoms with E-state index in [1.165, 1.54) is 0 Å². The van der Waals surface area contributed by atoms with E-state index in [1.807, 2.05) is 49.4 Å². The second-order valence-electron chi connectivity index (χ2n) is 7.36. The number of nitrogens with zero attached hydrogens (tertiary/aromatic N) is 3. The highest BCUT2D eigenvalue weighted by molar-refractivity contribution is 7.99. The van der Waals surface area contributed by atoms with E-state index < -0.39 is 0 Å². The molecule has 30 heavy (non-hydrogen) atoms. The molecular weight excluding hydrogens is 410 g/mol. The summed E-state index contributed by atoms with van der Waals surface area (Å²) in [6, 6.07) is 17.9. The van der Waals surface area contributed by atoms with Crippen molar-refractivity contribution in [3.63, 3.8) is 0 Å². The lowest BCUT2D eigenvalue weighted by Gasteiger charge is -2.20. The third-order valence-electron chi connectivity index (χ3n) is 4.63. The topological polar surface area (TPSA) is 46.1 Å². The van der Waals surface area contributed by atoms with Crippen LogP contribution in [0.2, 0.25) is 0 Å². The summed E-state index contributed by atoms with van der Waals surface area (Å²) >= 11 is 3.31. The van der Waals surface area contributed by atoms with Gasteiger partial charge in [-0.15, -0.1) is 11.8 Å². The number of aryl methyl sites for hydroxylation is 1. The molecule has 4 nitrogen and oxygen atoms in total. The van der Waals surface area contributed by atoms with E-state index in [2.05, 4.69) is 31.0 Å². The smallest absolute Gasteiger partial charge is 0.260 e. The minimum Gasteiger partial charge on any atom is -0.279 e. The fraction of sp³-hybridized carbons (Fsp3) is 0.208. The van der Waals surface area contributed by atoms with Crippen molar-refractivity contribution in [3.05, 3.63) is 83.7 Å². The molecule has 6 heteroatoms. The number of hydrogen-bond acceptors (Lipinski definition) is 5. The van der Waals surface area contributed by atoms with Gasteiger partial charge in [0.05, 0.1) is 16.8 Å². The summed E-state index contributed by atoms with van der Waals surface area (Å²) < 4.78 is 1.08. The first-order valence-corrected chi connectivity index (χ1v) is 11.5. The van der Waals surface area contributed by atoms with Gasteiger partial charge in [0.1, 0.15) is 0 Å². The quantitative estimate of drug-likeness (QED) is 0.333. The molecule has 152 valence electrons. The largest absolute Gasteiger partial charge is 0.279 e. The van der Waals surface area contributed by atoms with Crippen molar-refractivity contribution in [2.24, 2.45) is 0 Å². The van der Waals surface area contributed by atoms with E-state index in [1.54, 1.807) is 40.4 Å². The predicted octanol–water partition coefficient (Wildman–Crippen LogP) is 6.35. The van der Waals surface area contributed by atoms with Gasteiger partial charge in [0.15, 0.2) is 5.13 Å². The SMILES string of the molecule is Cc1cccc2sc(N(Cc3ccncc3)C(=O)c3cccc(SC(C)C)c3)nc12. The van der Waals surface area contributed by atoms with Gasteiger partial charge in [-0.25, -0.2) is 4.98 Å². The zero-order valence-electron chi connectivity index (χ0n) is 17.2. The fourth-order valence-electron chi connectivity index (χ4n) is 3.22. The molecule has 0 unspecified atom stereocenters. The predicted molar refractivity (Wildman–Crippen MR) is 127 cm³/mol. The Balaban J connectivity index is 1.74. The van der Waals surface area contributed by atoms with Crippen LogP contribution < -0.4 is 4.90 Å². The maximum atomic E-state index is 13.6. The van der Waals surface area contributed by atoms with Crippen molar-refractivity contribution >= 4 is 44.4 Å². The molecule has 0 spiro atoms. The number of carbonyl (C=O) groups is 1. The summed E-state index contributed by atoms with van der Waals surface area (Å²) in [4.78, 5) is 25.4. The minimum absolute atomic E-state index is 0.0465. The summed E-state index contributed by atoms with van der Waals surface area (Å²) in [7, 11) is 0. The third kappa shape index (κ3) is 4.55. The number of benzene rings is 2. The molecular formula is C24H23N3OS2. The Kier molecular flexibility index (Phi) is 6.16. The maximum absolute atomic E-state index is 13.6. The molecule has 0 aliphatic heterocycles. The molecule has 0 fully saturated rings. The van der Waals surface area contributed by atoms with Gasteiger partial charge >= 0.3 is 0 Å².